The summed E-state index contributed by atoms with van der Waals surface area (Å²) in [6.45, 7) is 1.86. The average Bonchev–Trinajstić information content (AvgIpc) is 2.76. The van der Waals surface area contributed by atoms with E-state index in [2.05, 4.69) is 20.0 Å². The van der Waals surface area contributed by atoms with Gasteiger partial charge >= 0.3 is 0 Å². The maximum absolute atomic E-state index is 13.2. The third-order valence-electron chi connectivity index (χ3n) is 4.85. The minimum Gasteiger partial charge on any atom is -0.310 e. The third-order valence-corrected chi connectivity index (χ3v) is 5.68. The summed E-state index contributed by atoms with van der Waals surface area (Å²) in [6, 6.07) is 0. The van der Waals surface area contributed by atoms with Crippen molar-refractivity contribution in [2.45, 2.75) is 44.4 Å². The van der Waals surface area contributed by atoms with E-state index in [4.69, 9.17) is 0 Å². The molecule has 0 bridgehead atoms. The zero-order valence-electron chi connectivity index (χ0n) is 13.3. The topological polar surface area (TPSA) is 72.7 Å². The number of hydrogen-bond acceptors (Lipinski definition) is 5. The van der Waals surface area contributed by atoms with E-state index in [-0.39, 0.29) is 12.3 Å². The van der Waals surface area contributed by atoms with Crippen LogP contribution in [0.4, 0.5) is 14.6 Å². The number of hydrogen-bond donors (Lipinski definition) is 1. The number of anilines is 1. The molecule has 2 heterocycles. The Morgan fingerprint density at radius 3 is 2.62 bits per heavy atom. The lowest BCUT2D eigenvalue weighted by molar-refractivity contribution is -0.119. The van der Waals surface area contributed by atoms with Crippen molar-refractivity contribution in [3.8, 4) is 10.6 Å². The maximum atomic E-state index is 13.2. The third kappa shape index (κ3) is 2.42. The molecule has 0 saturated heterocycles. The largest absolute Gasteiger partial charge is 0.310 e. The van der Waals surface area contributed by atoms with E-state index in [9.17, 15) is 13.6 Å². The van der Waals surface area contributed by atoms with Crippen molar-refractivity contribution in [3.05, 3.63) is 11.3 Å². The van der Waals surface area contributed by atoms with E-state index in [1.54, 1.807) is 11.7 Å². The Hall–Kier alpha value is -1.90. The zero-order chi connectivity index (χ0) is 17.1. The van der Waals surface area contributed by atoms with Gasteiger partial charge in [-0.1, -0.05) is 10.9 Å². The fourth-order valence-electron chi connectivity index (χ4n) is 3.09. The van der Waals surface area contributed by atoms with Gasteiger partial charge in [-0.15, -0.1) is 5.10 Å². The minimum atomic E-state index is -2.87. The first kappa shape index (κ1) is 15.6. The van der Waals surface area contributed by atoms with Gasteiger partial charge in [-0.25, -0.2) is 8.78 Å². The van der Waals surface area contributed by atoms with Gasteiger partial charge in [0, 0.05) is 19.0 Å². The van der Waals surface area contributed by atoms with Crippen LogP contribution >= 0.6 is 11.5 Å². The predicted octanol–water partition coefficient (Wildman–Crippen LogP) is 3.11. The highest BCUT2D eigenvalue weighted by Crippen LogP contribution is 2.50. The number of nitrogens with zero attached hydrogens (tertiary/aromatic N) is 4. The van der Waals surface area contributed by atoms with Crippen LogP contribution < -0.4 is 5.32 Å². The van der Waals surface area contributed by atoms with Crippen LogP contribution in [0, 0.1) is 12.8 Å². The number of aryl methyl sites for hydroxylation is 2. The highest BCUT2D eigenvalue weighted by atomic mass is 32.1. The first-order valence-electron chi connectivity index (χ1n) is 7.93. The van der Waals surface area contributed by atoms with E-state index in [1.807, 2.05) is 6.92 Å². The number of amides is 1. The molecule has 1 N–H and O–H groups in total. The smallest absolute Gasteiger partial charge is 0.260 e. The average molecular weight is 353 g/mol. The molecule has 2 aliphatic rings. The summed E-state index contributed by atoms with van der Waals surface area (Å²) in [6.07, 6.45) is 2.76. The molecule has 0 radical (unpaired) electrons. The first-order chi connectivity index (χ1) is 11.4. The van der Waals surface area contributed by atoms with Crippen LogP contribution in [-0.2, 0) is 11.8 Å². The SMILES string of the molecule is Cc1nnsc1-c1nn(C)c(NC(=O)[C@H]2CC2(F)F)c1C1CCC1. The van der Waals surface area contributed by atoms with Gasteiger partial charge in [0.1, 0.15) is 17.4 Å². The normalized spacial score (nSPS) is 22.2. The van der Waals surface area contributed by atoms with Crippen LogP contribution in [0.1, 0.15) is 42.9 Å². The summed E-state index contributed by atoms with van der Waals surface area (Å²) in [5.41, 5.74) is 2.47. The van der Waals surface area contributed by atoms with E-state index in [0.29, 0.717) is 5.82 Å². The Balaban J connectivity index is 1.72. The Bertz CT molecular complexity index is 811. The molecule has 2 fully saturated rings. The molecule has 0 spiro atoms. The molecule has 128 valence electrons. The Kier molecular flexibility index (Phi) is 3.45. The monoisotopic (exact) mass is 353 g/mol. The van der Waals surface area contributed by atoms with E-state index in [1.165, 1.54) is 11.5 Å². The highest BCUT2D eigenvalue weighted by Gasteiger charge is 2.61. The number of alkyl halides is 2. The van der Waals surface area contributed by atoms with Gasteiger partial charge < -0.3 is 5.32 Å². The lowest BCUT2D eigenvalue weighted by Gasteiger charge is -2.26. The summed E-state index contributed by atoms with van der Waals surface area (Å²) in [7, 11) is 1.72. The maximum Gasteiger partial charge on any atom is 0.260 e. The molecule has 24 heavy (non-hydrogen) atoms. The molecule has 0 aliphatic heterocycles. The van der Waals surface area contributed by atoms with E-state index >= 15 is 0 Å². The number of aromatic nitrogens is 4. The van der Waals surface area contributed by atoms with Crippen molar-refractivity contribution in [3.63, 3.8) is 0 Å². The second-order valence-corrected chi connectivity index (χ2v) is 7.31. The van der Waals surface area contributed by atoms with Crippen LogP contribution in [0.3, 0.4) is 0 Å². The molecule has 0 unspecified atom stereocenters. The summed E-state index contributed by atoms with van der Waals surface area (Å²) in [5.74, 6) is -3.92. The molecule has 2 aromatic heterocycles. The summed E-state index contributed by atoms with van der Waals surface area (Å²) in [5, 5.41) is 11.3. The molecular formula is C15H17F2N5OS. The number of rotatable bonds is 4. The fraction of sp³-hybridized carbons (Fsp3) is 0.600. The molecule has 0 aromatic carbocycles. The summed E-state index contributed by atoms with van der Waals surface area (Å²) < 4.78 is 31.9. The standard InChI is InChI=1S/C15H17F2N5OS/c1-7-12(24-21-19-7)11-10(8-4-3-5-8)13(22(2)20-11)18-14(23)9-6-15(9,16)17/h8-9H,3-6H2,1-2H3,(H,18,23)/t9-/m1/s1. The summed E-state index contributed by atoms with van der Waals surface area (Å²) >= 11 is 1.26. The molecule has 4 rings (SSSR count). The minimum absolute atomic E-state index is 0.283. The van der Waals surface area contributed by atoms with Crippen molar-refractivity contribution in [1.82, 2.24) is 19.4 Å². The molecule has 2 saturated carbocycles. The van der Waals surface area contributed by atoms with Crippen LogP contribution in [0.25, 0.3) is 10.6 Å². The zero-order valence-corrected chi connectivity index (χ0v) is 14.2. The van der Waals surface area contributed by atoms with Crippen molar-refractivity contribution in [2.24, 2.45) is 13.0 Å². The van der Waals surface area contributed by atoms with Crippen LogP contribution in [0.15, 0.2) is 0 Å². The van der Waals surface area contributed by atoms with E-state index in [0.717, 1.165) is 41.1 Å². The van der Waals surface area contributed by atoms with Gasteiger partial charge in [0.25, 0.3) is 5.92 Å². The van der Waals surface area contributed by atoms with E-state index < -0.39 is 17.7 Å². The highest BCUT2D eigenvalue weighted by molar-refractivity contribution is 7.09. The lowest BCUT2D eigenvalue weighted by Crippen LogP contribution is -2.21. The van der Waals surface area contributed by atoms with Gasteiger partial charge in [-0.3, -0.25) is 9.48 Å². The molecule has 1 atom stereocenters. The van der Waals surface area contributed by atoms with Gasteiger partial charge in [0.2, 0.25) is 5.91 Å². The number of halogens is 2. The molecular weight excluding hydrogens is 336 g/mol. The quantitative estimate of drug-likeness (QED) is 0.917. The first-order valence-corrected chi connectivity index (χ1v) is 8.70. The van der Waals surface area contributed by atoms with Crippen molar-refractivity contribution >= 4 is 23.3 Å². The molecule has 6 nitrogen and oxygen atoms in total. The Morgan fingerprint density at radius 2 is 2.12 bits per heavy atom. The fourth-order valence-corrected chi connectivity index (χ4v) is 3.75. The number of carbonyl (C=O) groups excluding carboxylic acids is 1. The van der Waals surface area contributed by atoms with Crippen molar-refractivity contribution in [1.29, 1.82) is 0 Å². The summed E-state index contributed by atoms with van der Waals surface area (Å²) in [4.78, 5) is 13.0. The number of carbonyl (C=O) groups is 1. The molecule has 1 amide bonds. The predicted molar refractivity (Wildman–Crippen MR) is 85.1 cm³/mol. The van der Waals surface area contributed by atoms with Crippen LogP contribution in [-0.4, -0.2) is 31.2 Å². The van der Waals surface area contributed by atoms with Crippen molar-refractivity contribution < 1.29 is 13.6 Å². The van der Waals surface area contributed by atoms with Crippen molar-refractivity contribution in [2.75, 3.05) is 5.32 Å². The molecule has 2 aliphatic carbocycles. The van der Waals surface area contributed by atoms with Crippen LogP contribution in [0.5, 0.6) is 0 Å². The molecule has 2 aromatic rings. The van der Waals surface area contributed by atoms with Gasteiger partial charge in [-0.05, 0) is 37.2 Å². The second kappa shape index (κ2) is 5.30. The Labute approximate surface area is 141 Å². The molecule has 9 heteroatoms. The van der Waals surface area contributed by atoms with Gasteiger partial charge in [-0.2, -0.15) is 5.10 Å². The van der Waals surface area contributed by atoms with Gasteiger partial charge in [0.05, 0.1) is 10.6 Å². The number of nitrogens with one attached hydrogen (secondary N) is 1. The second-order valence-electron chi connectivity index (χ2n) is 6.56. The lowest BCUT2D eigenvalue weighted by atomic mass is 9.79. The van der Waals surface area contributed by atoms with Crippen LogP contribution in [0.2, 0.25) is 0 Å². The Morgan fingerprint density at radius 1 is 1.42 bits per heavy atom. The van der Waals surface area contributed by atoms with Gasteiger partial charge in [0.15, 0.2) is 0 Å².